The number of rotatable bonds is 2. The lowest BCUT2D eigenvalue weighted by atomic mass is 10.0. The van der Waals surface area contributed by atoms with Crippen molar-refractivity contribution in [3.05, 3.63) is 12.2 Å². The van der Waals surface area contributed by atoms with Crippen LogP contribution in [-0.2, 0) is 4.43 Å². The van der Waals surface area contributed by atoms with E-state index in [2.05, 4.69) is 65.7 Å². The highest BCUT2D eigenvalue weighted by molar-refractivity contribution is 9.10. The Hall–Kier alpha value is 0.837. The summed E-state index contributed by atoms with van der Waals surface area (Å²) in [7, 11) is -1.79. The third-order valence-corrected chi connectivity index (χ3v) is 10.1. The molecule has 1 aliphatic rings. The van der Waals surface area contributed by atoms with Crippen molar-refractivity contribution in [2.24, 2.45) is 0 Å². The fourth-order valence-electron chi connectivity index (χ4n) is 1.43. The first-order valence-corrected chi connectivity index (χ1v) is 10.6. The van der Waals surface area contributed by atoms with Crippen LogP contribution in [0.15, 0.2) is 12.2 Å². The van der Waals surface area contributed by atoms with Crippen molar-refractivity contribution in [3.8, 4) is 0 Å². The molecule has 17 heavy (non-hydrogen) atoms. The van der Waals surface area contributed by atoms with Crippen molar-refractivity contribution in [2.45, 2.75) is 60.8 Å². The Morgan fingerprint density at radius 3 is 2.18 bits per heavy atom. The van der Waals surface area contributed by atoms with Crippen molar-refractivity contribution in [2.75, 3.05) is 0 Å². The van der Waals surface area contributed by atoms with E-state index in [9.17, 15) is 5.11 Å². The van der Waals surface area contributed by atoms with Gasteiger partial charge >= 0.3 is 0 Å². The zero-order chi connectivity index (χ0) is 13.4. The molecule has 0 aliphatic heterocycles. The Kier molecular flexibility index (Phi) is 5.09. The number of aliphatic hydroxyl groups excluding tert-OH is 1. The van der Waals surface area contributed by atoms with Gasteiger partial charge in [-0.2, -0.15) is 0 Å². The van der Waals surface area contributed by atoms with Gasteiger partial charge in [0, 0.05) is 0 Å². The van der Waals surface area contributed by atoms with E-state index in [0.29, 0.717) is 0 Å². The summed E-state index contributed by atoms with van der Waals surface area (Å²) in [6, 6.07) is 0. The molecule has 0 heterocycles. The molecule has 0 amide bonds. The van der Waals surface area contributed by atoms with Crippen LogP contribution in [0.3, 0.4) is 0 Å². The molecule has 0 bridgehead atoms. The first-order chi connectivity index (χ1) is 7.56. The average molecular weight is 386 g/mol. The van der Waals surface area contributed by atoms with Gasteiger partial charge in [-0.25, -0.2) is 0 Å². The number of hydrogen-bond acceptors (Lipinski definition) is 2. The smallest absolute Gasteiger partial charge is 0.192 e. The van der Waals surface area contributed by atoms with Gasteiger partial charge < -0.3 is 9.53 Å². The van der Waals surface area contributed by atoms with Crippen LogP contribution in [0.4, 0.5) is 0 Å². The Morgan fingerprint density at radius 1 is 1.18 bits per heavy atom. The van der Waals surface area contributed by atoms with E-state index in [4.69, 9.17) is 4.43 Å². The summed E-state index contributed by atoms with van der Waals surface area (Å²) in [5.74, 6) is 0. The predicted octanol–water partition coefficient (Wildman–Crippen LogP) is 3.83. The molecule has 0 aromatic heterocycles. The maximum Gasteiger partial charge on any atom is 0.192 e. The highest BCUT2D eigenvalue weighted by Gasteiger charge is 2.42. The van der Waals surface area contributed by atoms with E-state index in [-0.39, 0.29) is 20.8 Å². The summed E-state index contributed by atoms with van der Waals surface area (Å²) in [5, 5.41) is 10.2. The second-order valence-corrected chi connectivity index (χ2v) is 13.0. The molecule has 100 valence electrons. The van der Waals surface area contributed by atoms with Crippen molar-refractivity contribution in [3.63, 3.8) is 0 Å². The van der Waals surface area contributed by atoms with E-state index in [0.717, 1.165) is 0 Å². The molecule has 0 unspecified atom stereocenters. The van der Waals surface area contributed by atoms with Gasteiger partial charge in [0.05, 0.1) is 21.9 Å². The summed E-state index contributed by atoms with van der Waals surface area (Å²) in [4.78, 5) is -0.0443. The van der Waals surface area contributed by atoms with Gasteiger partial charge in [-0.3, -0.25) is 0 Å². The summed E-state index contributed by atoms with van der Waals surface area (Å²) < 4.78 is 6.30. The molecule has 4 atom stereocenters. The lowest BCUT2D eigenvalue weighted by Gasteiger charge is -2.41. The minimum Gasteiger partial charge on any atom is -0.409 e. The highest BCUT2D eigenvalue weighted by atomic mass is 79.9. The van der Waals surface area contributed by atoms with E-state index < -0.39 is 14.4 Å². The minimum atomic E-state index is -1.79. The van der Waals surface area contributed by atoms with Crippen LogP contribution < -0.4 is 0 Å². The summed E-state index contributed by atoms with van der Waals surface area (Å²) in [6.07, 6.45) is 3.53. The SMILES string of the molecule is CC(C)(C)[Si](C)(C)O[C@H]1C=C[C@@H](Br)[C@H](O)[C@@H]1Br. The third kappa shape index (κ3) is 3.66. The van der Waals surface area contributed by atoms with Crippen molar-refractivity contribution in [1.29, 1.82) is 0 Å². The Balaban J connectivity index is 2.80. The highest BCUT2D eigenvalue weighted by Crippen LogP contribution is 2.39. The van der Waals surface area contributed by atoms with Gasteiger partial charge in [0.1, 0.15) is 0 Å². The van der Waals surface area contributed by atoms with Crippen LogP contribution in [-0.4, -0.2) is 35.3 Å². The number of halogens is 2. The van der Waals surface area contributed by atoms with Gasteiger partial charge in [0.25, 0.3) is 0 Å². The fraction of sp³-hybridized carbons (Fsp3) is 0.833. The van der Waals surface area contributed by atoms with Crippen LogP contribution in [0, 0.1) is 0 Å². The standard InChI is InChI=1S/C12H22Br2O2Si/c1-12(2,3)17(4,5)16-9-7-6-8(13)11(15)10(9)14/h6-11,15H,1-5H3/t8-,9+,10-,11+/m1/s1. The molecular formula is C12H22Br2O2Si. The van der Waals surface area contributed by atoms with E-state index >= 15 is 0 Å². The molecule has 0 saturated carbocycles. The van der Waals surface area contributed by atoms with E-state index in [1.807, 2.05) is 12.2 Å². The van der Waals surface area contributed by atoms with Crippen molar-refractivity contribution < 1.29 is 9.53 Å². The van der Waals surface area contributed by atoms with Gasteiger partial charge in [-0.05, 0) is 18.1 Å². The lowest BCUT2D eigenvalue weighted by Crippen LogP contribution is -2.50. The van der Waals surface area contributed by atoms with Gasteiger partial charge in [0.15, 0.2) is 8.32 Å². The average Bonchev–Trinajstić information content (AvgIpc) is 2.17. The summed E-state index contributed by atoms with van der Waals surface area (Å²) in [5.41, 5.74) is 0. The maximum absolute atomic E-state index is 10.0. The number of aliphatic hydroxyl groups is 1. The molecule has 5 heteroatoms. The molecular weight excluding hydrogens is 364 g/mol. The first-order valence-electron chi connectivity index (χ1n) is 5.88. The topological polar surface area (TPSA) is 29.5 Å². The maximum atomic E-state index is 10.0. The summed E-state index contributed by atoms with van der Waals surface area (Å²) in [6.45, 7) is 11.1. The normalized spacial score (nSPS) is 35.1. The van der Waals surface area contributed by atoms with E-state index in [1.165, 1.54) is 0 Å². The molecule has 0 aromatic carbocycles. The largest absolute Gasteiger partial charge is 0.409 e. The number of hydrogen-bond donors (Lipinski definition) is 1. The molecule has 0 fully saturated rings. The molecule has 1 aliphatic carbocycles. The zero-order valence-electron chi connectivity index (χ0n) is 11.1. The van der Waals surface area contributed by atoms with Crippen LogP contribution >= 0.6 is 31.9 Å². The molecule has 1 rings (SSSR count). The van der Waals surface area contributed by atoms with E-state index in [1.54, 1.807) is 0 Å². The molecule has 2 nitrogen and oxygen atoms in total. The first kappa shape index (κ1) is 15.9. The van der Waals surface area contributed by atoms with Crippen molar-refractivity contribution >= 4 is 40.2 Å². The van der Waals surface area contributed by atoms with Crippen LogP contribution in [0.2, 0.25) is 18.1 Å². The zero-order valence-corrected chi connectivity index (χ0v) is 15.2. The predicted molar refractivity (Wildman–Crippen MR) is 82.6 cm³/mol. The Bertz CT molecular complexity index is 299. The van der Waals surface area contributed by atoms with Crippen LogP contribution in [0.25, 0.3) is 0 Å². The van der Waals surface area contributed by atoms with Crippen LogP contribution in [0.5, 0.6) is 0 Å². The second kappa shape index (κ2) is 5.45. The minimum absolute atomic E-state index is 0.00569. The van der Waals surface area contributed by atoms with Gasteiger partial charge in [0.2, 0.25) is 0 Å². The lowest BCUT2D eigenvalue weighted by molar-refractivity contribution is 0.117. The molecule has 0 radical (unpaired) electrons. The molecule has 1 N–H and O–H groups in total. The van der Waals surface area contributed by atoms with Gasteiger partial charge in [-0.15, -0.1) is 0 Å². The monoisotopic (exact) mass is 384 g/mol. The molecule has 0 spiro atoms. The Labute approximate surface area is 122 Å². The van der Waals surface area contributed by atoms with Crippen molar-refractivity contribution in [1.82, 2.24) is 0 Å². The summed E-state index contributed by atoms with van der Waals surface area (Å²) >= 11 is 6.98. The second-order valence-electron chi connectivity index (χ2n) is 6.11. The quantitative estimate of drug-likeness (QED) is 0.444. The fourth-order valence-corrected chi connectivity index (χ4v) is 4.41. The van der Waals surface area contributed by atoms with Gasteiger partial charge in [-0.1, -0.05) is 64.8 Å². The third-order valence-electron chi connectivity index (χ3n) is 3.69. The molecule has 0 saturated heterocycles. The number of alkyl halides is 2. The molecule has 0 aromatic rings. The Morgan fingerprint density at radius 2 is 1.71 bits per heavy atom. The van der Waals surface area contributed by atoms with Crippen LogP contribution in [0.1, 0.15) is 20.8 Å².